The molecule has 1 unspecified atom stereocenters. The number of nitro benzene ring substituents is 1. The van der Waals surface area contributed by atoms with Crippen LogP contribution in [-0.4, -0.2) is 9.75 Å². The van der Waals surface area contributed by atoms with Crippen LogP contribution in [0.2, 0.25) is 0 Å². The van der Waals surface area contributed by atoms with E-state index in [0.717, 1.165) is 12.1 Å². The molecule has 0 heterocycles. The van der Waals surface area contributed by atoms with Gasteiger partial charge in [0.25, 0.3) is 5.69 Å². The maximum Gasteiger partial charge on any atom is 0.416 e. The van der Waals surface area contributed by atoms with E-state index in [4.69, 9.17) is 0 Å². The van der Waals surface area contributed by atoms with Crippen LogP contribution in [0.25, 0.3) is 0 Å². The predicted octanol–water partition coefficient (Wildman–Crippen LogP) is 3.94. The molecule has 17 heavy (non-hydrogen) atoms. The zero-order chi connectivity index (χ0) is 13.2. The fourth-order valence-electron chi connectivity index (χ4n) is 1.39. The van der Waals surface area contributed by atoms with Crippen LogP contribution in [0.5, 0.6) is 0 Å². The van der Waals surface area contributed by atoms with Gasteiger partial charge in [-0.15, -0.1) is 0 Å². The third-order valence-electron chi connectivity index (χ3n) is 2.11. The summed E-state index contributed by atoms with van der Waals surface area (Å²) in [6, 6.07) is 2.58. The Morgan fingerprint density at radius 3 is 2.47 bits per heavy atom. The van der Waals surface area contributed by atoms with Gasteiger partial charge in [-0.05, 0) is 12.5 Å². The first-order valence-corrected chi connectivity index (χ1v) is 5.62. The first-order chi connectivity index (χ1) is 7.71. The zero-order valence-corrected chi connectivity index (χ0v) is 10.4. The Labute approximate surface area is 104 Å². The van der Waals surface area contributed by atoms with E-state index in [0.29, 0.717) is 12.5 Å². The molecule has 0 aromatic heterocycles. The van der Waals surface area contributed by atoms with E-state index in [1.807, 2.05) is 0 Å². The number of nitro groups is 1. The number of rotatable bonds is 3. The van der Waals surface area contributed by atoms with Crippen molar-refractivity contribution in [2.75, 3.05) is 0 Å². The molecule has 1 rings (SSSR count). The molecule has 7 heteroatoms. The summed E-state index contributed by atoms with van der Waals surface area (Å²) in [5.41, 5.74) is -1.21. The number of hydrogen-bond acceptors (Lipinski definition) is 2. The molecule has 0 radical (unpaired) electrons. The maximum atomic E-state index is 12.4. The van der Waals surface area contributed by atoms with Gasteiger partial charge in [-0.1, -0.05) is 28.9 Å². The smallest absolute Gasteiger partial charge is 0.258 e. The molecular formula is C10H9BrF3NO2. The van der Waals surface area contributed by atoms with Crippen molar-refractivity contribution < 1.29 is 18.1 Å². The van der Waals surface area contributed by atoms with Gasteiger partial charge in [-0.2, -0.15) is 13.2 Å². The number of benzene rings is 1. The van der Waals surface area contributed by atoms with Crippen molar-refractivity contribution in [3.8, 4) is 0 Å². The minimum atomic E-state index is -4.57. The molecule has 1 aromatic carbocycles. The highest BCUT2D eigenvalue weighted by Gasteiger charge is 2.32. The van der Waals surface area contributed by atoms with Crippen LogP contribution in [0.15, 0.2) is 18.2 Å². The molecule has 0 N–H and O–H groups in total. The summed E-state index contributed by atoms with van der Waals surface area (Å²) in [5.74, 6) is 0. The number of nitrogens with zero attached hydrogens (tertiary/aromatic N) is 1. The highest BCUT2D eigenvalue weighted by molar-refractivity contribution is 9.09. The second kappa shape index (κ2) is 5.03. The number of alkyl halides is 4. The molecule has 0 saturated carbocycles. The first kappa shape index (κ1) is 14.0. The summed E-state index contributed by atoms with van der Waals surface area (Å²) in [7, 11) is 0. The number of hydrogen-bond donors (Lipinski definition) is 0. The fourth-order valence-corrected chi connectivity index (χ4v) is 1.73. The zero-order valence-electron chi connectivity index (χ0n) is 8.79. The second-order valence-corrected chi connectivity index (χ2v) is 5.15. The SMILES string of the molecule is CC(Br)Cc1ccc(C(F)(F)F)cc1[N+](=O)[O-]. The third kappa shape index (κ3) is 3.69. The summed E-state index contributed by atoms with van der Waals surface area (Å²) in [6.07, 6.45) is -4.27. The highest BCUT2D eigenvalue weighted by Crippen LogP contribution is 2.33. The maximum absolute atomic E-state index is 12.4. The number of halogens is 4. The molecule has 1 atom stereocenters. The lowest BCUT2D eigenvalue weighted by Crippen LogP contribution is -2.08. The topological polar surface area (TPSA) is 43.1 Å². The molecule has 0 bridgehead atoms. The van der Waals surface area contributed by atoms with Crippen molar-refractivity contribution in [2.45, 2.75) is 24.3 Å². The van der Waals surface area contributed by atoms with E-state index in [1.54, 1.807) is 6.92 Å². The van der Waals surface area contributed by atoms with E-state index in [1.165, 1.54) is 0 Å². The lowest BCUT2D eigenvalue weighted by molar-refractivity contribution is -0.385. The molecule has 1 aromatic rings. The Morgan fingerprint density at radius 1 is 1.47 bits per heavy atom. The van der Waals surface area contributed by atoms with Gasteiger partial charge < -0.3 is 0 Å². The van der Waals surface area contributed by atoms with Gasteiger partial charge in [0.1, 0.15) is 0 Å². The molecule has 0 aliphatic carbocycles. The van der Waals surface area contributed by atoms with Crippen LogP contribution >= 0.6 is 15.9 Å². The van der Waals surface area contributed by atoms with Crippen molar-refractivity contribution in [3.05, 3.63) is 39.4 Å². The van der Waals surface area contributed by atoms with E-state index in [9.17, 15) is 23.3 Å². The second-order valence-electron chi connectivity index (χ2n) is 3.58. The first-order valence-electron chi connectivity index (χ1n) is 4.70. The largest absolute Gasteiger partial charge is 0.416 e. The minimum Gasteiger partial charge on any atom is -0.258 e. The van der Waals surface area contributed by atoms with E-state index in [-0.39, 0.29) is 10.4 Å². The lowest BCUT2D eigenvalue weighted by atomic mass is 10.0. The summed E-state index contributed by atoms with van der Waals surface area (Å²) >= 11 is 3.21. The van der Waals surface area contributed by atoms with Gasteiger partial charge in [-0.3, -0.25) is 10.1 Å². The Balaban J connectivity index is 3.22. The molecule has 0 amide bonds. The highest BCUT2D eigenvalue weighted by atomic mass is 79.9. The van der Waals surface area contributed by atoms with Crippen LogP contribution in [0, 0.1) is 10.1 Å². The lowest BCUT2D eigenvalue weighted by Gasteiger charge is -2.09. The minimum absolute atomic E-state index is 0.0436. The van der Waals surface area contributed by atoms with Crippen LogP contribution in [0.3, 0.4) is 0 Å². The van der Waals surface area contributed by atoms with Gasteiger partial charge in [0, 0.05) is 16.5 Å². The van der Waals surface area contributed by atoms with Crippen molar-refractivity contribution in [1.29, 1.82) is 0 Å². The molecular weight excluding hydrogens is 303 g/mol. The van der Waals surface area contributed by atoms with E-state index >= 15 is 0 Å². The van der Waals surface area contributed by atoms with Gasteiger partial charge in [0.15, 0.2) is 0 Å². The molecule has 0 saturated heterocycles. The predicted molar refractivity (Wildman–Crippen MR) is 60.2 cm³/mol. The Morgan fingerprint density at radius 2 is 2.06 bits per heavy atom. The summed E-state index contributed by atoms with van der Waals surface area (Å²) in [5, 5.41) is 10.7. The normalized spacial score (nSPS) is 13.5. The quantitative estimate of drug-likeness (QED) is 0.482. The summed E-state index contributed by atoms with van der Waals surface area (Å²) < 4.78 is 37.2. The molecule has 0 aliphatic heterocycles. The fraction of sp³-hybridized carbons (Fsp3) is 0.400. The van der Waals surface area contributed by atoms with Gasteiger partial charge in [0.2, 0.25) is 0 Å². The Hall–Kier alpha value is -1.11. The molecule has 0 spiro atoms. The van der Waals surface area contributed by atoms with Crippen molar-refractivity contribution in [3.63, 3.8) is 0 Å². The summed E-state index contributed by atoms with van der Waals surface area (Å²) in [6.45, 7) is 1.77. The average molecular weight is 312 g/mol. The van der Waals surface area contributed by atoms with Gasteiger partial charge >= 0.3 is 6.18 Å². The van der Waals surface area contributed by atoms with Crippen LogP contribution in [0.4, 0.5) is 18.9 Å². The Kier molecular flexibility index (Phi) is 4.13. The monoisotopic (exact) mass is 311 g/mol. The molecule has 94 valence electrons. The molecule has 3 nitrogen and oxygen atoms in total. The van der Waals surface area contributed by atoms with Crippen molar-refractivity contribution >= 4 is 21.6 Å². The van der Waals surface area contributed by atoms with E-state index in [2.05, 4.69) is 15.9 Å². The van der Waals surface area contributed by atoms with Crippen LogP contribution in [0.1, 0.15) is 18.1 Å². The van der Waals surface area contributed by atoms with Gasteiger partial charge in [-0.25, -0.2) is 0 Å². The van der Waals surface area contributed by atoms with E-state index < -0.39 is 22.4 Å². The van der Waals surface area contributed by atoms with Crippen LogP contribution in [-0.2, 0) is 12.6 Å². The van der Waals surface area contributed by atoms with Crippen LogP contribution < -0.4 is 0 Å². The molecule has 0 fully saturated rings. The van der Waals surface area contributed by atoms with Crippen molar-refractivity contribution in [1.82, 2.24) is 0 Å². The third-order valence-corrected chi connectivity index (χ3v) is 2.43. The standard InChI is InChI=1S/C10H9BrF3NO2/c1-6(11)4-7-2-3-8(10(12,13)14)5-9(7)15(16)17/h2-3,5-6H,4H2,1H3. The Bertz CT molecular complexity index is 432. The summed E-state index contributed by atoms with van der Waals surface area (Å²) in [4.78, 5) is 9.87. The van der Waals surface area contributed by atoms with Crippen molar-refractivity contribution in [2.24, 2.45) is 0 Å². The molecule has 0 aliphatic rings. The average Bonchev–Trinajstić information content (AvgIpc) is 2.15. The van der Waals surface area contributed by atoms with Gasteiger partial charge in [0.05, 0.1) is 10.5 Å².